The molecule has 0 radical (unpaired) electrons. The molecule has 0 amide bonds. The van der Waals surface area contributed by atoms with E-state index in [1.165, 1.54) is 6.07 Å². The van der Waals surface area contributed by atoms with Gasteiger partial charge in [-0.1, -0.05) is 12.1 Å². The Kier molecular flexibility index (Phi) is 4.30. The highest BCUT2D eigenvalue weighted by Gasteiger charge is 2.03. The molecule has 100 valence electrons. The number of hydrogen-bond acceptors (Lipinski definition) is 4. The monoisotopic (exact) mass is 259 g/mol. The highest BCUT2D eigenvalue weighted by atomic mass is 16.5. The zero-order valence-corrected chi connectivity index (χ0v) is 10.8. The van der Waals surface area contributed by atoms with Crippen LogP contribution in [0.25, 0.3) is 0 Å². The lowest BCUT2D eigenvalue weighted by Gasteiger charge is -2.05. The van der Waals surface area contributed by atoms with E-state index >= 15 is 0 Å². The number of ether oxygens (including phenoxy) is 1. The zero-order chi connectivity index (χ0) is 13.7. The number of nitrogens with zero attached hydrogens (tertiary/aromatic N) is 1. The van der Waals surface area contributed by atoms with Crippen molar-refractivity contribution in [1.29, 1.82) is 0 Å². The summed E-state index contributed by atoms with van der Waals surface area (Å²) in [6.45, 7) is 0.485. The van der Waals surface area contributed by atoms with Gasteiger partial charge >= 0.3 is 0 Å². The molecule has 0 saturated carbocycles. The Balaban J connectivity index is 2.19. The fourth-order valence-corrected chi connectivity index (χ4v) is 1.86. The summed E-state index contributed by atoms with van der Waals surface area (Å²) in [5.74, 6) is 1.46. The first-order valence-electron chi connectivity index (χ1n) is 6.13. The van der Waals surface area contributed by atoms with Gasteiger partial charge in [-0.2, -0.15) is 0 Å². The molecule has 0 aliphatic carbocycles. The maximum Gasteiger partial charge on any atom is 0.251 e. The number of H-pyrrole nitrogens is 1. The van der Waals surface area contributed by atoms with Crippen molar-refractivity contribution in [1.82, 2.24) is 9.97 Å². The molecule has 0 spiro atoms. The van der Waals surface area contributed by atoms with E-state index in [0.717, 1.165) is 17.0 Å². The van der Waals surface area contributed by atoms with Crippen LogP contribution in [0.1, 0.15) is 17.1 Å². The van der Waals surface area contributed by atoms with Crippen LogP contribution in [0, 0.1) is 0 Å². The molecule has 2 aromatic rings. The van der Waals surface area contributed by atoms with Gasteiger partial charge in [-0.25, -0.2) is 4.98 Å². The number of rotatable bonds is 5. The van der Waals surface area contributed by atoms with Crippen molar-refractivity contribution < 1.29 is 4.74 Å². The highest BCUT2D eigenvalue weighted by molar-refractivity contribution is 5.28. The molecule has 5 heteroatoms. The first-order valence-corrected chi connectivity index (χ1v) is 6.13. The Morgan fingerprint density at radius 3 is 2.68 bits per heavy atom. The summed E-state index contributed by atoms with van der Waals surface area (Å²) in [4.78, 5) is 18.7. The minimum atomic E-state index is -0.137. The summed E-state index contributed by atoms with van der Waals surface area (Å²) in [5.41, 5.74) is 7.14. The summed E-state index contributed by atoms with van der Waals surface area (Å²) in [5, 5.41) is 0. The average molecular weight is 259 g/mol. The van der Waals surface area contributed by atoms with Crippen LogP contribution in [0.3, 0.4) is 0 Å². The van der Waals surface area contributed by atoms with Crippen LogP contribution in [0.2, 0.25) is 0 Å². The van der Waals surface area contributed by atoms with Gasteiger partial charge in [0.15, 0.2) is 0 Å². The SMILES string of the molecule is COc1ccc(Cc2nc(CCN)cc(=O)[nH]2)cc1. The van der Waals surface area contributed by atoms with E-state index in [-0.39, 0.29) is 5.56 Å². The van der Waals surface area contributed by atoms with Gasteiger partial charge in [0.1, 0.15) is 11.6 Å². The molecule has 2 rings (SSSR count). The Morgan fingerprint density at radius 2 is 2.05 bits per heavy atom. The van der Waals surface area contributed by atoms with Crippen LogP contribution < -0.4 is 16.0 Å². The van der Waals surface area contributed by atoms with Crippen LogP contribution in [0.4, 0.5) is 0 Å². The van der Waals surface area contributed by atoms with E-state index in [2.05, 4.69) is 9.97 Å². The lowest BCUT2D eigenvalue weighted by Crippen LogP contribution is -2.15. The first kappa shape index (κ1) is 13.3. The molecule has 5 nitrogen and oxygen atoms in total. The van der Waals surface area contributed by atoms with Crippen molar-refractivity contribution in [3.63, 3.8) is 0 Å². The Morgan fingerprint density at radius 1 is 1.32 bits per heavy atom. The van der Waals surface area contributed by atoms with Crippen LogP contribution in [-0.4, -0.2) is 23.6 Å². The molecule has 1 aromatic heterocycles. The second-order valence-electron chi connectivity index (χ2n) is 4.25. The third-order valence-corrected chi connectivity index (χ3v) is 2.77. The summed E-state index contributed by atoms with van der Waals surface area (Å²) in [6.07, 6.45) is 1.19. The van der Waals surface area contributed by atoms with Crippen molar-refractivity contribution in [2.45, 2.75) is 12.8 Å². The fraction of sp³-hybridized carbons (Fsp3) is 0.286. The molecule has 0 aliphatic rings. The quantitative estimate of drug-likeness (QED) is 0.835. The molecular formula is C14H17N3O2. The lowest BCUT2D eigenvalue weighted by molar-refractivity contribution is 0.414. The van der Waals surface area contributed by atoms with E-state index < -0.39 is 0 Å². The van der Waals surface area contributed by atoms with Gasteiger partial charge in [0.25, 0.3) is 5.56 Å². The fourth-order valence-electron chi connectivity index (χ4n) is 1.86. The van der Waals surface area contributed by atoms with Gasteiger partial charge in [-0.05, 0) is 24.2 Å². The maximum atomic E-state index is 11.5. The molecule has 3 N–H and O–H groups in total. The third kappa shape index (κ3) is 3.66. The second kappa shape index (κ2) is 6.15. The van der Waals surface area contributed by atoms with Gasteiger partial charge in [0.2, 0.25) is 0 Å². The van der Waals surface area contributed by atoms with E-state index in [0.29, 0.717) is 25.2 Å². The van der Waals surface area contributed by atoms with E-state index in [4.69, 9.17) is 10.5 Å². The number of methoxy groups -OCH3 is 1. The minimum absolute atomic E-state index is 0.137. The van der Waals surface area contributed by atoms with E-state index in [9.17, 15) is 4.79 Å². The summed E-state index contributed by atoms with van der Waals surface area (Å²) >= 11 is 0. The highest BCUT2D eigenvalue weighted by Crippen LogP contribution is 2.13. The number of nitrogens with one attached hydrogen (secondary N) is 1. The molecule has 0 saturated heterocycles. The Labute approximate surface area is 111 Å². The number of benzene rings is 1. The predicted molar refractivity (Wildman–Crippen MR) is 73.4 cm³/mol. The van der Waals surface area contributed by atoms with Gasteiger partial charge in [0.05, 0.1) is 7.11 Å². The molecule has 0 bridgehead atoms. The van der Waals surface area contributed by atoms with Crippen LogP contribution in [0.5, 0.6) is 5.75 Å². The van der Waals surface area contributed by atoms with Crippen molar-refractivity contribution in [2.24, 2.45) is 5.73 Å². The van der Waals surface area contributed by atoms with E-state index in [1.807, 2.05) is 24.3 Å². The summed E-state index contributed by atoms with van der Waals surface area (Å²) < 4.78 is 5.10. The van der Waals surface area contributed by atoms with Crippen molar-refractivity contribution in [3.05, 3.63) is 57.8 Å². The Bertz CT molecular complexity index is 590. The topological polar surface area (TPSA) is 81.0 Å². The molecular weight excluding hydrogens is 242 g/mol. The lowest BCUT2D eigenvalue weighted by atomic mass is 10.1. The molecule has 0 unspecified atom stereocenters. The number of aromatic nitrogens is 2. The maximum absolute atomic E-state index is 11.5. The number of hydrogen-bond donors (Lipinski definition) is 2. The third-order valence-electron chi connectivity index (χ3n) is 2.77. The van der Waals surface area contributed by atoms with Gasteiger partial charge < -0.3 is 15.5 Å². The van der Waals surface area contributed by atoms with Crippen LogP contribution in [-0.2, 0) is 12.8 Å². The number of nitrogens with two attached hydrogens (primary N) is 1. The molecule has 0 aliphatic heterocycles. The largest absolute Gasteiger partial charge is 0.497 e. The Hall–Kier alpha value is -2.14. The molecule has 1 heterocycles. The van der Waals surface area contributed by atoms with Crippen LogP contribution in [0.15, 0.2) is 35.1 Å². The second-order valence-corrected chi connectivity index (χ2v) is 4.25. The van der Waals surface area contributed by atoms with Crippen molar-refractivity contribution in [2.75, 3.05) is 13.7 Å². The van der Waals surface area contributed by atoms with Crippen molar-refractivity contribution in [3.8, 4) is 5.75 Å². The molecule has 0 atom stereocenters. The zero-order valence-electron chi connectivity index (χ0n) is 10.8. The normalized spacial score (nSPS) is 10.4. The molecule has 19 heavy (non-hydrogen) atoms. The molecule has 1 aromatic carbocycles. The predicted octanol–water partition coefficient (Wildman–Crippen LogP) is 0.870. The summed E-state index contributed by atoms with van der Waals surface area (Å²) in [6, 6.07) is 9.17. The van der Waals surface area contributed by atoms with E-state index in [1.54, 1.807) is 7.11 Å². The van der Waals surface area contributed by atoms with Crippen molar-refractivity contribution >= 4 is 0 Å². The van der Waals surface area contributed by atoms with Gasteiger partial charge in [0, 0.05) is 24.6 Å². The van der Waals surface area contributed by atoms with Gasteiger partial charge in [-0.3, -0.25) is 4.79 Å². The number of aromatic amines is 1. The van der Waals surface area contributed by atoms with Crippen LogP contribution >= 0.6 is 0 Å². The minimum Gasteiger partial charge on any atom is -0.497 e. The average Bonchev–Trinajstić information content (AvgIpc) is 2.39. The molecule has 0 fully saturated rings. The summed E-state index contributed by atoms with van der Waals surface area (Å²) in [7, 11) is 1.63. The first-order chi connectivity index (χ1) is 9.21. The smallest absolute Gasteiger partial charge is 0.251 e. The standard InChI is InChI=1S/C14H17N3O2/c1-19-12-4-2-10(3-5-12)8-13-16-11(6-7-15)9-14(18)17-13/h2-5,9H,6-8,15H2,1H3,(H,16,17,18). The van der Waals surface area contributed by atoms with Gasteiger partial charge in [-0.15, -0.1) is 0 Å².